The lowest BCUT2D eigenvalue weighted by atomic mass is 10.1. The molecule has 0 spiro atoms. The van der Waals surface area contributed by atoms with Gasteiger partial charge in [-0.15, -0.1) is 11.3 Å². The van der Waals surface area contributed by atoms with Crippen molar-refractivity contribution in [2.45, 2.75) is 33.4 Å². The number of benzene rings is 2. The van der Waals surface area contributed by atoms with Crippen molar-refractivity contribution < 1.29 is 19.1 Å². The SMILES string of the molecule is COc1cc(C(=O)NNC(=O)Cn2c(-c3ccc(C)cc3)csc2=S)ccc1OC(C)C. The van der Waals surface area contributed by atoms with E-state index in [0.717, 1.165) is 16.8 Å². The summed E-state index contributed by atoms with van der Waals surface area (Å²) in [5.74, 6) is 0.108. The Bertz CT molecular complexity index is 1170. The molecule has 1 aromatic heterocycles. The Balaban J connectivity index is 1.66. The lowest BCUT2D eigenvalue weighted by Gasteiger charge is -2.15. The minimum Gasteiger partial charge on any atom is -0.493 e. The zero-order chi connectivity index (χ0) is 23.3. The first-order valence-electron chi connectivity index (χ1n) is 9.97. The summed E-state index contributed by atoms with van der Waals surface area (Å²) in [4.78, 5) is 25.0. The predicted molar refractivity (Wildman–Crippen MR) is 128 cm³/mol. The van der Waals surface area contributed by atoms with Crippen LogP contribution in [0.2, 0.25) is 0 Å². The average molecular weight is 472 g/mol. The van der Waals surface area contributed by atoms with Crippen molar-refractivity contribution in [1.29, 1.82) is 0 Å². The van der Waals surface area contributed by atoms with Crippen LogP contribution in [0, 0.1) is 10.9 Å². The number of thiazole rings is 1. The Morgan fingerprint density at radius 1 is 1.09 bits per heavy atom. The fourth-order valence-electron chi connectivity index (χ4n) is 2.97. The summed E-state index contributed by atoms with van der Waals surface area (Å²) in [6.45, 7) is 5.80. The zero-order valence-electron chi connectivity index (χ0n) is 18.3. The van der Waals surface area contributed by atoms with Gasteiger partial charge >= 0.3 is 0 Å². The highest BCUT2D eigenvalue weighted by Crippen LogP contribution is 2.29. The molecule has 0 fully saturated rings. The van der Waals surface area contributed by atoms with Crippen molar-refractivity contribution in [1.82, 2.24) is 15.4 Å². The molecule has 2 aromatic carbocycles. The number of hydrogen-bond donors (Lipinski definition) is 2. The smallest absolute Gasteiger partial charge is 0.269 e. The van der Waals surface area contributed by atoms with Crippen LogP contribution in [0.4, 0.5) is 0 Å². The van der Waals surface area contributed by atoms with E-state index in [0.29, 0.717) is 21.0 Å². The molecule has 0 saturated carbocycles. The average Bonchev–Trinajstić information content (AvgIpc) is 3.12. The molecule has 0 aliphatic rings. The number of nitrogens with zero attached hydrogens (tertiary/aromatic N) is 1. The highest BCUT2D eigenvalue weighted by Gasteiger charge is 2.15. The van der Waals surface area contributed by atoms with E-state index in [4.69, 9.17) is 21.7 Å². The number of amides is 2. The van der Waals surface area contributed by atoms with Crippen LogP contribution in [0.15, 0.2) is 47.8 Å². The number of hydrazine groups is 1. The number of hydrogen-bond acceptors (Lipinski definition) is 6. The van der Waals surface area contributed by atoms with Gasteiger partial charge in [-0.05, 0) is 56.8 Å². The number of rotatable bonds is 7. The second-order valence-electron chi connectivity index (χ2n) is 7.37. The Morgan fingerprint density at radius 2 is 1.81 bits per heavy atom. The van der Waals surface area contributed by atoms with Gasteiger partial charge in [-0.25, -0.2) is 0 Å². The largest absolute Gasteiger partial charge is 0.493 e. The molecule has 9 heteroatoms. The van der Waals surface area contributed by atoms with Gasteiger partial charge in [0.2, 0.25) is 0 Å². The van der Waals surface area contributed by atoms with E-state index >= 15 is 0 Å². The molecule has 0 saturated heterocycles. The van der Waals surface area contributed by atoms with Gasteiger partial charge in [0, 0.05) is 10.9 Å². The molecule has 2 amide bonds. The fourth-order valence-corrected chi connectivity index (χ4v) is 4.04. The van der Waals surface area contributed by atoms with E-state index in [2.05, 4.69) is 10.9 Å². The lowest BCUT2D eigenvalue weighted by molar-refractivity contribution is -0.122. The van der Waals surface area contributed by atoms with Crippen molar-refractivity contribution in [2.75, 3.05) is 7.11 Å². The molecule has 0 radical (unpaired) electrons. The maximum absolute atomic E-state index is 12.5. The number of aryl methyl sites for hydroxylation is 1. The number of methoxy groups -OCH3 is 1. The van der Waals surface area contributed by atoms with E-state index in [-0.39, 0.29) is 12.6 Å². The number of nitrogens with one attached hydrogen (secondary N) is 2. The summed E-state index contributed by atoms with van der Waals surface area (Å²) >= 11 is 6.77. The molecule has 0 atom stereocenters. The summed E-state index contributed by atoms with van der Waals surface area (Å²) in [5, 5.41) is 1.92. The monoisotopic (exact) mass is 471 g/mol. The fraction of sp³-hybridized carbons (Fsp3) is 0.261. The number of carbonyl (C=O) groups is 2. The number of carbonyl (C=O) groups excluding carboxylic acids is 2. The van der Waals surface area contributed by atoms with Crippen molar-refractivity contribution in [3.05, 3.63) is 62.9 Å². The molecule has 3 aromatic rings. The lowest BCUT2D eigenvalue weighted by Crippen LogP contribution is -2.43. The second kappa shape index (κ2) is 10.4. The molecule has 0 bridgehead atoms. The minimum atomic E-state index is -0.472. The Labute approximate surface area is 196 Å². The van der Waals surface area contributed by atoms with Gasteiger partial charge in [0.1, 0.15) is 6.54 Å². The predicted octanol–water partition coefficient (Wildman–Crippen LogP) is 4.51. The molecule has 0 unspecified atom stereocenters. The van der Waals surface area contributed by atoms with Gasteiger partial charge < -0.3 is 14.0 Å². The molecule has 32 heavy (non-hydrogen) atoms. The van der Waals surface area contributed by atoms with Crippen LogP contribution in [0.3, 0.4) is 0 Å². The molecule has 2 N–H and O–H groups in total. The van der Waals surface area contributed by atoms with E-state index in [1.165, 1.54) is 18.4 Å². The zero-order valence-corrected chi connectivity index (χ0v) is 19.9. The van der Waals surface area contributed by atoms with Crippen LogP contribution in [0.5, 0.6) is 11.5 Å². The van der Waals surface area contributed by atoms with Crippen LogP contribution in [0.1, 0.15) is 29.8 Å². The summed E-state index contributed by atoms with van der Waals surface area (Å²) < 4.78 is 13.3. The van der Waals surface area contributed by atoms with Crippen molar-refractivity contribution in [3.63, 3.8) is 0 Å². The summed E-state index contributed by atoms with van der Waals surface area (Å²) in [6, 6.07) is 12.8. The first-order chi connectivity index (χ1) is 15.3. The van der Waals surface area contributed by atoms with Gasteiger partial charge in [-0.1, -0.05) is 29.8 Å². The minimum absolute atomic E-state index is 0.0175. The van der Waals surface area contributed by atoms with Crippen LogP contribution in [0.25, 0.3) is 11.3 Å². The molecule has 7 nitrogen and oxygen atoms in total. The third kappa shape index (κ3) is 5.74. The maximum Gasteiger partial charge on any atom is 0.269 e. The van der Waals surface area contributed by atoms with Gasteiger partial charge in [-0.3, -0.25) is 20.4 Å². The topological polar surface area (TPSA) is 81.6 Å². The first kappa shape index (κ1) is 23.5. The summed E-state index contributed by atoms with van der Waals surface area (Å²) in [7, 11) is 1.50. The van der Waals surface area contributed by atoms with Crippen molar-refractivity contribution in [2.24, 2.45) is 0 Å². The standard InChI is InChI=1S/C23H25N3O4S2/c1-14(2)30-19-10-9-17(11-20(19)29-4)22(28)25-24-21(27)12-26-18(13-32-23(26)31)16-7-5-15(3)6-8-16/h5-11,13-14H,12H2,1-4H3,(H,24,27)(H,25,28). The van der Waals surface area contributed by atoms with Crippen LogP contribution >= 0.6 is 23.6 Å². The van der Waals surface area contributed by atoms with Gasteiger partial charge in [0.25, 0.3) is 11.8 Å². The quantitative estimate of drug-likeness (QED) is 0.391. The van der Waals surface area contributed by atoms with Crippen LogP contribution < -0.4 is 20.3 Å². The van der Waals surface area contributed by atoms with Gasteiger partial charge in [-0.2, -0.15) is 0 Å². The molecule has 3 rings (SSSR count). The van der Waals surface area contributed by atoms with Gasteiger partial charge in [0.05, 0.1) is 18.9 Å². The van der Waals surface area contributed by atoms with Crippen molar-refractivity contribution in [3.8, 4) is 22.8 Å². The summed E-state index contributed by atoms with van der Waals surface area (Å²) in [5.41, 5.74) is 8.17. The second-order valence-corrected chi connectivity index (χ2v) is 8.88. The third-order valence-corrected chi connectivity index (χ3v) is 5.81. The van der Waals surface area contributed by atoms with Crippen molar-refractivity contribution >= 4 is 35.4 Å². The molecular weight excluding hydrogens is 446 g/mol. The van der Waals surface area contributed by atoms with Crippen LogP contribution in [-0.4, -0.2) is 29.6 Å². The molecule has 1 heterocycles. The highest BCUT2D eigenvalue weighted by atomic mass is 32.1. The number of ether oxygens (including phenoxy) is 2. The Hall–Kier alpha value is -3.17. The van der Waals surface area contributed by atoms with Gasteiger partial charge in [0.15, 0.2) is 15.5 Å². The first-order valence-corrected chi connectivity index (χ1v) is 11.3. The third-order valence-electron chi connectivity index (χ3n) is 4.54. The van der Waals surface area contributed by atoms with E-state index in [1.54, 1.807) is 22.8 Å². The Kier molecular flexibility index (Phi) is 7.66. The van der Waals surface area contributed by atoms with E-state index in [9.17, 15) is 9.59 Å². The van der Waals surface area contributed by atoms with E-state index in [1.807, 2.05) is 50.4 Å². The number of aromatic nitrogens is 1. The Morgan fingerprint density at radius 3 is 2.47 bits per heavy atom. The molecule has 168 valence electrons. The van der Waals surface area contributed by atoms with Crippen LogP contribution in [-0.2, 0) is 11.3 Å². The normalized spacial score (nSPS) is 10.7. The maximum atomic E-state index is 12.5. The highest BCUT2D eigenvalue weighted by molar-refractivity contribution is 7.73. The summed E-state index contributed by atoms with van der Waals surface area (Å²) in [6.07, 6.45) is -0.0310. The molecule has 0 aliphatic carbocycles. The van der Waals surface area contributed by atoms with E-state index < -0.39 is 11.8 Å². The molecular formula is C23H25N3O4S2. The molecule has 0 aliphatic heterocycles.